The Kier molecular flexibility index (Phi) is 25.2. The van der Waals surface area contributed by atoms with Crippen LogP contribution in [0.15, 0.2) is 18.2 Å². The number of fused-ring (bicyclic) bond motifs is 1. The number of aromatic nitrogens is 2. The lowest BCUT2D eigenvalue weighted by Gasteiger charge is -2.18. The second-order valence-electron chi connectivity index (χ2n) is 8.46. The van der Waals surface area contributed by atoms with Gasteiger partial charge in [0.2, 0.25) is 5.95 Å². The van der Waals surface area contributed by atoms with E-state index in [0.717, 1.165) is 35.7 Å². The topological polar surface area (TPSA) is 64.2 Å². The summed E-state index contributed by atoms with van der Waals surface area (Å²) in [5.41, 5.74) is 8.10. The Morgan fingerprint density at radius 1 is 0.970 bits per heavy atom. The number of aryl methyl sites for hydroxylation is 1. The molecule has 33 heavy (non-hydrogen) atoms. The van der Waals surface area contributed by atoms with Crippen molar-refractivity contribution in [3.63, 3.8) is 0 Å². The number of aldehydes is 1. The van der Waals surface area contributed by atoms with Crippen molar-refractivity contribution in [2.45, 2.75) is 102 Å². The van der Waals surface area contributed by atoms with E-state index in [2.05, 4.69) is 58.5 Å². The number of hydrogen-bond donors (Lipinski definition) is 1. The number of imidazole rings is 1. The summed E-state index contributed by atoms with van der Waals surface area (Å²) in [5.74, 6) is 2.17. The largest absolute Gasteiger partial charge is 0.369 e. The van der Waals surface area contributed by atoms with Crippen LogP contribution in [0.3, 0.4) is 0 Å². The highest BCUT2D eigenvalue weighted by Crippen LogP contribution is 2.18. The van der Waals surface area contributed by atoms with Crippen LogP contribution >= 0.6 is 0 Å². The molecule has 0 bridgehead atoms. The predicted octanol–water partition coefficient (Wildman–Crippen LogP) is 7.93. The van der Waals surface area contributed by atoms with Gasteiger partial charge in [0.1, 0.15) is 6.29 Å². The average molecular weight is 465 g/mol. The Labute approximate surface area is 206 Å². The van der Waals surface area contributed by atoms with Crippen LogP contribution in [0.1, 0.15) is 106 Å². The molecule has 0 spiro atoms. The van der Waals surface area contributed by atoms with Crippen molar-refractivity contribution in [2.24, 2.45) is 11.8 Å². The third-order valence-electron chi connectivity index (χ3n) is 4.43. The Morgan fingerprint density at radius 3 is 1.79 bits per heavy atom. The van der Waals surface area contributed by atoms with Gasteiger partial charge < -0.3 is 15.2 Å². The lowest BCUT2D eigenvalue weighted by atomic mass is 10.1. The second-order valence-corrected chi connectivity index (χ2v) is 8.46. The summed E-state index contributed by atoms with van der Waals surface area (Å²) in [6.45, 7) is 26.7. The molecule has 0 saturated carbocycles. The molecule has 0 saturated heterocycles. The third-order valence-corrected chi connectivity index (χ3v) is 4.43. The van der Waals surface area contributed by atoms with Gasteiger partial charge in [-0.05, 0) is 69.9 Å². The number of nitrogen functional groups attached to an aromatic ring is 1. The highest BCUT2D eigenvalue weighted by Gasteiger charge is 2.06. The molecule has 0 aliphatic heterocycles. The van der Waals surface area contributed by atoms with E-state index < -0.39 is 0 Å². The summed E-state index contributed by atoms with van der Waals surface area (Å²) in [7, 11) is 2.23. The van der Waals surface area contributed by atoms with Gasteiger partial charge in [0.05, 0.1) is 11.0 Å². The molecular weight excluding hydrogens is 408 g/mol. The lowest BCUT2D eigenvalue weighted by Crippen LogP contribution is -2.23. The highest BCUT2D eigenvalue weighted by atomic mass is 16.1. The molecule has 5 heteroatoms. The van der Waals surface area contributed by atoms with Gasteiger partial charge in [-0.2, -0.15) is 0 Å². The smallest absolute Gasteiger partial charge is 0.201 e. The fraction of sp³-hybridized carbons (Fsp3) is 0.714. The Bertz CT molecular complexity index is 681. The minimum atomic E-state index is 0.491. The van der Waals surface area contributed by atoms with E-state index in [-0.39, 0.29) is 0 Å². The van der Waals surface area contributed by atoms with E-state index in [0.29, 0.717) is 11.5 Å². The lowest BCUT2D eigenvalue weighted by molar-refractivity contribution is 0.112. The maximum absolute atomic E-state index is 10.6. The SMILES string of the molecule is CC.CC.CC(C)CCN(C)CCC(C)C.CCC.CCn1c(N)nc2ccc(C=O)cc21. The molecule has 2 aromatic rings. The predicted molar refractivity (Wildman–Crippen MR) is 150 cm³/mol. The van der Waals surface area contributed by atoms with Gasteiger partial charge in [-0.25, -0.2) is 4.98 Å². The summed E-state index contributed by atoms with van der Waals surface area (Å²) in [5, 5.41) is 0. The van der Waals surface area contributed by atoms with Crippen LogP contribution in [0.4, 0.5) is 5.95 Å². The van der Waals surface area contributed by atoms with Crippen LogP contribution in [0.2, 0.25) is 0 Å². The normalized spacial score (nSPS) is 9.79. The summed E-state index contributed by atoms with van der Waals surface area (Å²) in [4.78, 5) is 17.2. The number of hydrogen-bond acceptors (Lipinski definition) is 4. The Hall–Kier alpha value is -1.88. The van der Waals surface area contributed by atoms with Gasteiger partial charge in [-0.15, -0.1) is 0 Å². The molecule has 0 radical (unpaired) electrons. The van der Waals surface area contributed by atoms with E-state index in [4.69, 9.17) is 5.73 Å². The van der Waals surface area contributed by atoms with E-state index >= 15 is 0 Å². The monoisotopic (exact) mass is 464 g/mol. The standard InChI is InChI=1S/C11H25N.C10H11N3O.C3H8.2C2H6/c1-10(2)6-8-12(5)9-7-11(3)4;1-2-13-9-5-7(6-14)3-4-8(9)12-10(13)11;1-3-2;2*1-2/h10-11H,6-9H2,1-5H3;3-6H,2H2,1H3,(H2,11,12);3H2,1-2H3;2*1-2H3. The van der Waals surface area contributed by atoms with Crippen molar-refractivity contribution in [1.29, 1.82) is 0 Å². The molecule has 0 fully saturated rings. The quantitative estimate of drug-likeness (QED) is 0.403. The first-order valence-corrected chi connectivity index (χ1v) is 13.1. The molecule has 0 unspecified atom stereocenters. The first-order valence-electron chi connectivity index (χ1n) is 13.1. The molecule has 194 valence electrons. The molecule has 0 amide bonds. The van der Waals surface area contributed by atoms with Crippen molar-refractivity contribution < 1.29 is 4.79 Å². The van der Waals surface area contributed by atoms with Crippen molar-refractivity contribution >= 4 is 23.3 Å². The van der Waals surface area contributed by atoms with Crippen LogP contribution in [-0.2, 0) is 6.54 Å². The minimum absolute atomic E-state index is 0.491. The second kappa shape index (κ2) is 23.3. The fourth-order valence-corrected chi connectivity index (χ4v) is 2.63. The number of benzene rings is 1. The van der Waals surface area contributed by atoms with Crippen molar-refractivity contribution in [3.05, 3.63) is 23.8 Å². The van der Waals surface area contributed by atoms with Gasteiger partial charge >= 0.3 is 0 Å². The van der Waals surface area contributed by atoms with E-state index in [1.807, 2.05) is 45.3 Å². The summed E-state index contributed by atoms with van der Waals surface area (Å²) >= 11 is 0. The molecule has 0 atom stereocenters. The van der Waals surface area contributed by atoms with Gasteiger partial charge in [0, 0.05) is 12.1 Å². The molecule has 0 aliphatic rings. The minimum Gasteiger partial charge on any atom is -0.369 e. The van der Waals surface area contributed by atoms with Crippen molar-refractivity contribution in [3.8, 4) is 0 Å². The van der Waals surface area contributed by atoms with Gasteiger partial charge in [0.25, 0.3) is 0 Å². The number of carbonyl (C=O) groups excluding carboxylic acids is 1. The molecule has 1 aromatic carbocycles. The molecular formula is C28H56N4O. The first-order chi connectivity index (χ1) is 15.7. The maximum atomic E-state index is 10.6. The first kappa shape index (κ1) is 35.7. The number of carbonyl (C=O) groups is 1. The van der Waals surface area contributed by atoms with E-state index in [9.17, 15) is 4.79 Å². The molecule has 2 N–H and O–H groups in total. The number of rotatable bonds is 8. The number of nitrogens with zero attached hydrogens (tertiary/aromatic N) is 3. The van der Waals surface area contributed by atoms with Crippen LogP contribution in [0.25, 0.3) is 11.0 Å². The van der Waals surface area contributed by atoms with Crippen LogP contribution in [-0.4, -0.2) is 40.9 Å². The Morgan fingerprint density at radius 2 is 1.42 bits per heavy atom. The van der Waals surface area contributed by atoms with Crippen molar-refractivity contribution in [1.82, 2.24) is 14.5 Å². The van der Waals surface area contributed by atoms with E-state index in [1.54, 1.807) is 12.1 Å². The fourth-order valence-electron chi connectivity index (χ4n) is 2.63. The molecule has 1 aromatic heterocycles. The zero-order chi connectivity index (χ0) is 26.4. The van der Waals surface area contributed by atoms with Crippen molar-refractivity contribution in [2.75, 3.05) is 25.9 Å². The van der Waals surface area contributed by atoms with Gasteiger partial charge in [-0.1, -0.05) is 75.7 Å². The van der Waals surface area contributed by atoms with Crippen LogP contribution < -0.4 is 5.73 Å². The molecule has 1 heterocycles. The maximum Gasteiger partial charge on any atom is 0.201 e. The molecule has 2 rings (SSSR count). The van der Waals surface area contributed by atoms with Gasteiger partial charge in [-0.3, -0.25) is 4.79 Å². The number of nitrogens with two attached hydrogens (primary N) is 1. The number of anilines is 1. The summed E-state index contributed by atoms with van der Waals surface area (Å²) < 4.78 is 1.88. The molecule has 5 nitrogen and oxygen atoms in total. The zero-order valence-electron chi connectivity index (χ0n) is 24.0. The third kappa shape index (κ3) is 17.3. The van der Waals surface area contributed by atoms with Crippen LogP contribution in [0, 0.1) is 11.8 Å². The van der Waals surface area contributed by atoms with E-state index in [1.165, 1.54) is 32.4 Å². The van der Waals surface area contributed by atoms with Gasteiger partial charge in [0.15, 0.2) is 0 Å². The highest BCUT2D eigenvalue weighted by molar-refractivity contribution is 5.86. The Balaban J connectivity index is -0.000000433. The summed E-state index contributed by atoms with van der Waals surface area (Å²) in [6, 6.07) is 5.35. The van der Waals surface area contributed by atoms with Crippen LogP contribution in [0.5, 0.6) is 0 Å². The molecule has 0 aliphatic carbocycles. The average Bonchev–Trinajstić information content (AvgIpc) is 3.13. The summed E-state index contributed by atoms with van der Waals surface area (Å²) in [6.07, 6.45) is 4.73. The zero-order valence-corrected chi connectivity index (χ0v) is 24.0.